The van der Waals surface area contributed by atoms with Gasteiger partial charge >= 0.3 is 12.0 Å². The lowest BCUT2D eigenvalue weighted by Gasteiger charge is -2.21. The van der Waals surface area contributed by atoms with Crippen molar-refractivity contribution in [1.29, 1.82) is 0 Å². The summed E-state index contributed by atoms with van der Waals surface area (Å²) in [4.78, 5) is 41.2. The maximum atomic E-state index is 13.3. The van der Waals surface area contributed by atoms with Crippen molar-refractivity contribution in [2.75, 3.05) is 29.2 Å². The van der Waals surface area contributed by atoms with Crippen LogP contribution in [-0.4, -0.2) is 37.5 Å². The quantitative estimate of drug-likeness (QED) is 0.108. The lowest BCUT2D eigenvalue weighted by molar-refractivity contribution is -0.144. The SMILES string of the molecule is CCOC(=O)[C@H](Cc1ccc(-c2cccc(N(C)C(=O)Nc3ccc4ccccc4c3)c2)cc1)Nc1ccccc1C(=O)c1ccccc1. The predicted octanol–water partition coefficient (Wildman–Crippen LogP) is 8.99. The number of nitrogens with one attached hydrogen (secondary N) is 2. The summed E-state index contributed by atoms with van der Waals surface area (Å²) in [5.74, 6) is -0.527. The molecule has 2 amide bonds. The van der Waals surface area contributed by atoms with Gasteiger partial charge in [0.1, 0.15) is 6.04 Å². The molecule has 6 rings (SSSR count). The molecular formula is C42H37N3O4. The van der Waals surface area contributed by atoms with Crippen molar-refractivity contribution in [3.05, 3.63) is 162 Å². The Balaban J connectivity index is 1.16. The molecule has 7 heteroatoms. The van der Waals surface area contributed by atoms with E-state index in [0.29, 0.717) is 23.2 Å². The second-order valence-electron chi connectivity index (χ2n) is 11.7. The Morgan fingerprint density at radius 2 is 1.41 bits per heavy atom. The summed E-state index contributed by atoms with van der Waals surface area (Å²) in [5.41, 5.74) is 5.92. The number of urea groups is 1. The number of benzene rings is 6. The molecule has 49 heavy (non-hydrogen) atoms. The van der Waals surface area contributed by atoms with Crippen LogP contribution in [0.25, 0.3) is 21.9 Å². The summed E-state index contributed by atoms with van der Waals surface area (Å²) >= 11 is 0. The fourth-order valence-electron chi connectivity index (χ4n) is 5.73. The molecule has 7 nitrogen and oxygen atoms in total. The van der Waals surface area contributed by atoms with Crippen molar-refractivity contribution in [2.24, 2.45) is 0 Å². The van der Waals surface area contributed by atoms with Gasteiger partial charge < -0.3 is 15.4 Å². The molecule has 0 aromatic heterocycles. The van der Waals surface area contributed by atoms with Crippen LogP contribution >= 0.6 is 0 Å². The zero-order valence-electron chi connectivity index (χ0n) is 27.4. The third-order valence-electron chi connectivity index (χ3n) is 8.37. The molecule has 2 N–H and O–H groups in total. The van der Waals surface area contributed by atoms with Crippen molar-refractivity contribution in [3.8, 4) is 11.1 Å². The first-order valence-electron chi connectivity index (χ1n) is 16.2. The molecule has 6 aromatic rings. The Morgan fingerprint density at radius 1 is 0.694 bits per heavy atom. The minimum atomic E-state index is -0.714. The monoisotopic (exact) mass is 647 g/mol. The van der Waals surface area contributed by atoms with Crippen LogP contribution in [-0.2, 0) is 16.0 Å². The highest BCUT2D eigenvalue weighted by Gasteiger charge is 2.23. The third kappa shape index (κ3) is 7.85. The van der Waals surface area contributed by atoms with Crippen LogP contribution in [0.3, 0.4) is 0 Å². The first-order valence-corrected chi connectivity index (χ1v) is 16.2. The van der Waals surface area contributed by atoms with E-state index < -0.39 is 12.0 Å². The molecule has 0 radical (unpaired) electrons. The van der Waals surface area contributed by atoms with Crippen LogP contribution in [0.5, 0.6) is 0 Å². The van der Waals surface area contributed by atoms with Gasteiger partial charge in [-0.25, -0.2) is 9.59 Å². The molecule has 0 unspecified atom stereocenters. The number of hydrogen-bond acceptors (Lipinski definition) is 5. The molecule has 0 fully saturated rings. The van der Waals surface area contributed by atoms with E-state index in [1.54, 1.807) is 43.1 Å². The van der Waals surface area contributed by atoms with Gasteiger partial charge in [-0.2, -0.15) is 0 Å². The third-order valence-corrected chi connectivity index (χ3v) is 8.37. The van der Waals surface area contributed by atoms with Gasteiger partial charge in [0, 0.05) is 41.7 Å². The average molecular weight is 648 g/mol. The van der Waals surface area contributed by atoms with Crippen molar-refractivity contribution in [1.82, 2.24) is 0 Å². The van der Waals surface area contributed by atoms with Crippen molar-refractivity contribution < 1.29 is 19.1 Å². The number of anilines is 3. The van der Waals surface area contributed by atoms with Crippen LogP contribution in [0.1, 0.15) is 28.4 Å². The fourth-order valence-corrected chi connectivity index (χ4v) is 5.73. The van der Waals surface area contributed by atoms with Gasteiger partial charge in [0.05, 0.1) is 6.61 Å². The summed E-state index contributed by atoms with van der Waals surface area (Å²) in [6.45, 7) is 2.01. The zero-order chi connectivity index (χ0) is 34.2. The topological polar surface area (TPSA) is 87.7 Å². The van der Waals surface area contributed by atoms with Gasteiger partial charge in [0.15, 0.2) is 5.78 Å². The van der Waals surface area contributed by atoms with E-state index in [9.17, 15) is 14.4 Å². The number of para-hydroxylation sites is 1. The number of rotatable bonds is 11. The van der Waals surface area contributed by atoms with Gasteiger partial charge in [-0.3, -0.25) is 9.69 Å². The van der Waals surface area contributed by atoms with Crippen LogP contribution in [0, 0.1) is 0 Å². The van der Waals surface area contributed by atoms with Crippen molar-refractivity contribution in [3.63, 3.8) is 0 Å². The number of fused-ring (bicyclic) bond motifs is 1. The summed E-state index contributed by atoms with van der Waals surface area (Å²) in [7, 11) is 1.74. The van der Waals surface area contributed by atoms with E-state index in [0.717, 1.165) is 38.8 Å². The molecule has 0 aliphatic carbocycles. The Bertz CT molecular complexity index is 2090. The summed E-state index contributed by atoms with van der Waals surface area (Å²) in [6, 6.07) is 44.9. The number of amides is 2. The van der Waals surface area contributed by atoms with Gasteiger partial charge in [-0.15, -0.1) is 0 Å². The summed E-state index contributed by atoms with van der Waals surface area (Å²) < 4.78 is 5.41. The van der Waals surface area contributed by atoms with E-state index >= 15 is 0 Å². The number of carbonyl (C=O) groups excluding carboxylic acids is 3. The van der Waals surface area contributed by atoms with E-state index in [2.05, 4.69) is 10.6 Å². The molecule has 0 bridgehead atoms. The number of ketones is 1. The number of esters is 1. The van der Waals surface area contributed by atoms with Crippen molar-refractivity contribution in [2.45, 2.75) is 19.4 Å². The van der Waals surface area contributed by atoms with Gasteiger partial charge in [0.2, 0.25) is 0 Å². The van der Waals surface area contributed by atoms with Crippen LogP contribution in [0.2, 0.25) is 0 Å². The minimum absolute atomic E-state index is 0.130. The average Bonchev–Trinajstić information content (AvgIpc) is 3.15. The Kier molecular flexibility index (Phi) is 10.1. The molecule has 244 valence electrons. The highest BCUT2D eigenvalue weighted by molar-refractivity contribution is 6.12. The van der Waals surface area contributed by atoms with Gasteiger partial charge in [0.25, 0.3) is 0 Å². The molecule has 1 atom stereocenters. The van der Waals surface area contributed by atoms with Gasteiger partial charge in [-0.05, 0) is 70.8 Å². The number of hydrogen-bond donors (Lipinski definition) is 2. The Labute approximate surface area is 286 Å². The highest BCUT2D eigenvalue weighted by atomic mass is 16.5. The van der Waals surface area contributed by atoms with E-state index in [1.165, 1.54) is 0 Å². The molecule has 0 saturated carbocycles. The van der Waals surface area contributed by atoms with E-state index in [-0.39, 0.29) is 18.4 Å². The maximum absolute atomic E-state index is 13.3. The first-order chi connectivity index (χ1) is 23.9. The normalized spacial score (nSPS) is 11.4. The second-order valence-corrected chi connectivity index (χ2v) is 11.7. The van der Waals surface area contributed by atoms with Crippen LogP contribution < -0.4 is 15.5 Å². The lowest BCUT2D eigenvalue weighted by Crippen LogP contribution is -2.34. The first kappa shape index (κ1) is 32.7. The molecule has 0 aliphatic rings. The standard InChI is InChI=1S/C42H37N3O4/c1-3-49-41(47)39(44-38-19-10-9-18-37(38)40(46)32-13-5-4-6-14-32)26-29-20-22-31(23-21-29)34-16-11-17-36(28-34)45(2)42(48)43-35-25-24-30-12-7-8-15-33(30)27-35/h4-25,27-28,39,44H,3,26H2,1-2H3,(H,43,48)/t39-/m0/s1. The van der Waals surface area contributed by atoms with Gasteiger partial charge in [-0.1, -0.05) is 109 Å². The lowest BCUT2D eigenvalue weighted by atomic mass is 9.98. The maximum Gasteiger partial charge on any atom is 0.328 e. The number of nitrogens with zero attached hydrogens (tertiary/aromatic N) is 1. The summed E-state index contributed by atoms with van der Waals surface area (Å²) in [5, 5.41) is 8.46. The van der Waals surface area contributed by atoms with E-state index in [4.69, 9.17) is 4.74 Å². The second kappa shape index (κ2) is 15.1. The molecule has 0 aliphatic heterocycles. The van der Waals surface area contributed by atoms with Crippen LogP contribution in [0.4, 0.5) is 21.9 Å². The smallest absolute Gasteiger partial charge is 0.328 e. The minimum Gasteiger partial charge on any atom is -0.464 e. The molecular weight excluding hydrogens is 610 g/mol. The fraction of sp³-hybridized carbons (Fsp3) is 0.119. The molecule has 0 saturated heterocycles. The number of carbonyl (C=O) groups is 3. The van der Waals surface area contributed by atoms with E-state index in [1.807, 2.05) is 121 Å². The molecule has 0 spiro atoms. The highest BCUT2D eigenvalue weighted by Crippen LogP contribution is 2.27. The van der Waals surface area contributed by atoms with Crippen molar-refractivity contribution >= 4 is 45.6 Å². The predicted molar refractivity (Wildman–Crippen MR) is 197 cm³/mol. The largest absolute Gasteiger partial charge is 0.464 e. The Morgan fingerprint density at radius 3 is 2.18 bits per heavy atom. The molecule has 6 aromatic carbocycles. The zero-order valence-corrected chi connectivity index (χ0v) is 27.4. The molecule has 0 heterocycles. The van der Waals surface area contributed by atoms with Crippen LogP contribution in [0.15, 0.2) is 146 Å². The summed E-state index contributed by atoms with van der Waals surface area (Å²) in [6.07, 6.45) is 0.352. The Hall–Kier alpha value is -6.21. The number of ether oxygens (including phenoxy) is 1.